The minimum absolute atomic E-state index is 0.0124. The van der Waals surface area contributed by atoms with Crippen molar-refractivity contribution in [3.8, 4) is 0 Å². The number of anilines is 2. The molecule has 0 bridgehead atoms. The van der Waals surface area contributed by atoms with Crippen LogP contribution in [0, 0.1) is 11.6 Å². The van der Waals surface area contributed by atoms with Gasteiger partial charge in [0.2, 0.25) is 0 Å². The second kappa shape index (κ2) is 6.60. The Morgan fingerprint density at radius 1 is 1.25 bits per heavy atom. The van der Waals surface area contributed by atoms with Gasteiger partial charge >= 0.3 is 6.09 Å². The van der Waals surface area contributed by atoms with Crippen molar-refractivity contribution < 1.29 is 27.8 Å². The normalized spacial score (nSPS) is 21.0. The Bertz CT molecular complexity index is 641. The van der Waals surface area contributed by atoms with Gasteiger partial charge < -0.3 is 19.7 Å². The third-order valence-corrected chi connectivity index (χ3v) is 3.99. The topological polar surface area (TPSA) is 71.1 Å². The van der Waals surface area contributed by atoms with Gasteiger partial charge in [0, 0.05) is 32.3 Å². The van der Waals surface area contributed by atoms with Crippen LogP contribution in [0.1, 0.15) is 0 Å². The van der Waals surface area contributed by atoms with Crippen molar-refractivity contribution in [1.82, 2.24) is 5.32 Å². The molecule has 0 radical (unpaired) electrons. The fourth-order valence-electron chi connectivity index (χ4n) is 2.77. The first kappa shape index (κ1) is 16.4. The number of amides is 2. The van der Waals surface area contributed by atoms with E-state index in [1.807, 2.05) is 0 Å². The molecule has 7 nitrogen and oxygen atoms in total. The van der Waals surface area contributed by atoms with Crippen molar-refractivity contribution in [3.63, 3.8) is 0 Å². The van der Waals surface area contributed by atoms with Crippen LogP contribution in [0.4, 0.5) is 25.0 Å². The van der Waals surface area contributed by atoms with Gasteiger partial charge in [-0.15, -0.1) is 0 Å². The van der Waals surface area contributed by atoms with E-state index in [0.717, 1.165) is 17.0 Å². The van der Waals surface area contributed by atoms with E-state index >= 15 is 0 Å². The lowest BCUT2D eigenvalue weighted by molar-refractivity contribution is -0.127. The maximum atomic E-state index is 14.4. The van der Waals surface area contributed by atoms with Gasteiger partial charge in [-0.1, -0.05) is 0 Å². The molecule has 0 saturated carbocycles. The second-order valence-electron chi connectivity index (χ2n) is 5.45. The van der Waals surface area contributed by atoms with Crippen LogP contribution in [0.5, 0.6) is 0 Å². The number of benzene rings is 1. The van der Waals surface area contributed by atoms with E-state index in [2.05, 4.69) is 5.32 Å². The summed E-state index contributed by atoms with van der Waals surface area (Å²) >= 11 is 0. The summed E-state index contributed by atoms with van der Waals surface area (Å²) in [5, 5.41) is 2.36. The molecule has 1 N–H and O–H groups in total. The number of likely N-dealkylation sites (N-methyl/N-ethyl adjacent to an activating group) is 1. The van der Waals surface area contributed by atoms with Gasteiger partial charge in [-0.3, -0.25) is 9.69 Å². The first-order valence-electron chi connectivity index (χ1n) is 7.52. The molecular weight excluding hydrogens is 324 g/mol. The largest absolute Gasteiger partial charge is 0.434 e. The Morgan fingerprint density at radius 2 is 1.88 bits per heavy atom. The summed E-state index contributed by atoms with van der Waals surface area (Å²) in [6.45, 7) is 1.46. The van der Waals surface area contributed by atoms with Crippen LogP contribution in [0.15, 0.2) is 12.1 Å². The van der Waals surface area contributed by atoms with Crippen LogP contribution in [0.2, 0.25) is 0 Å². The molecule has 130 valence electrons. The molecule has 24 heavy (non-hydrogen) atoms. The summed E-state index contributed by atoms with van der Waals surface area (Å²) in [4.78, 5) is 26.0. The number of cyclic esters (lactones) is 1. The average Bonchev–Trinajstić information content (AvgIpc) is 2.96. The van der Waals surface area contributed by atoms with Crippen LogP contribution in [0.3, 0.4) is 0 Å². The molecule has 2 fully saturated rings. The molecule has 1 aromatic rings. The smallest absolute Gasteiger partial charge is 0.415 e. The molecule has 2 saturated heterocycles. The van der Waals surface area contributed by atoms with Gasteiger partial charge in [0.15, 0.2) is 17.7 Å². The molecule has 1 atom stereocenters. The average molecular weight is 341 g/mol. The van der Waals surface area contributed by atoms with Crippen LogP contribution in [-0.4, -0.2) is 58.0 Å². The Balaban J connectivity index is 1.85. The minimum atomic E-state index is -1.01. The van der Waals surface area contributed by atoms with E-state index < -0.39 is 29.7 Å². The van der Waals surface area contributed by atoms with E-state index in [9.17, 15) is 18.4 Å². The molecule has 2 amide bonds. The standard InChI is InChI=1S/C15H17F2N3O4/c1-18-14(21)12-8-20(15(22)24-12)9-6-10(16)13(11(17)7-9)19-2-4-23-5-3-19/h6-7,12H,2-5,8H2,1H3,(H,18,21)/t12-/m1/s1. The van der Waals surface area contributed by atoms with Gasteiger partial charge in [-0.05, 0) is 0 Å². The minimum Gasteiger partial charge on any atom is -0.434 e. The fourth-order valence-corrected chi connectivity index (χ4v) is 2.77. The molecule has 2 heterocycles. The molecule has 0 spiro atoms. The predicted molar refractivity (Wildman–Crippen MR) is 81.1 cm³/mol. The molecule has 2 aliphatic heterocycles. The number of rotatable bonds is 3. The molecule has 0 aromatic heterocycles. The highest BCUT2D eigenvalue weighted by atomic mass is 19.1. The van der Waals surface area contributed by atoms with E-state index in [1.165, 1.54) is 7.05 Å². The summed E-state index contributed by atoms with van der Waals surface area (Å²) in [6.07, 6.45) is -1.82. The van der Waals surface area contributed by atoms with Crippen molar-refractivity contribution in [1.29, 1.82) is 0 Å². The monoisotopic (exact) mass is 341 g/mol. The first-order valence-corrected chi connectivity index (χ1v) is 7.52. The Kier molecular flexibility index (Phi) is 4.52. The van der Waals surface area contributed by atoms with Gasteiger partial charge in [0.25, 0.3) is 5.91 Å². The molecule has 0 aliphatic carbocycles. The van der Waals surface area contributed by atoms with Crippen molar-refractivity contribution >= 4 is 23.4 Å². The molecule has 2 aliphatic rings. The summed E-state index contributed by atoms with van der Waals surface area (Å²) in [5.74, 6) is -2.03. The summed E-state index contributed by atoms with van der Waals surface area (Å²) in [6, 6.07) is 2.14. The van der Waals surface area contributed by atoms with Crippen molar-refractivity contribution in [2.45, 2.75) is 6.10 Å². The molecular formula is C15H17F2N3O4. The fraction of sp³-hybridized carbons (Fsp3) is 0.467. The van der Waals surface area contributed by atoms with Crippen molar-refractivity contribution in [2.24, 2.45) is 0 Å². The van der Waals surface area contributed by atoms with E-state index in [-0.39, 0.29) is 17.9 Å². The Morgan fingerprint density at radius 3 is 2.46 bits per heavy atom. The number of carbonyl (C=O) groups is 2. The number of morpholine rings is 1. The van der Waals surface area contributed by atoms with E-state index in [1.54, 1.807) is 4.90 Å². The van der Waals surface area contributed by atoms with E-state index in [4.69, 9.17) is 9.47 Å². The second-order valence-corrected chi connectivity index (χ2v) is 5.45. The van der Waals surface area contributed by atoms with Crippen LogP contribution in [-0.2, 0) is 14.3 Å². The lowest BCUT2D eigenvalue weighted by Crippen LogP contribution is -2.37. The molecule has 9 heteroatoms. The third kappa shape index (κ3) is 2.99. The van der Waals surface area contributed by atoms with Crippen molar-refractivity contribution in [3.05, 3.63) is 23.8 Å². The maximum absolute atomic E-state index is 14.4. The zero-order chi connectivity index (χ0) is 17.3. The highest BCUT2D eigenvalue weighted by molar-refractivity contribution is 5.95. The lowest BCUT2D eigenvalue weighted by Gasteiger charge is -2.29. The lowest BCUT2D eigenvalue weighted by atomic mass is 10.2. The summed E-state index contributed by atoms with van der Waals surface area (Å²) in [7, 11) is 1.41. The SMILES string of the molecule is CNC(=O)[C@H]1CN(c2cc(F)c(N3CCOCC3)c(F)c2)C(=O)O1. The maximum Gasteiger partial charge on any atom is 0.415 e. The number of ether oxygens (including phenoxy) is 2. The highest BCUT2D eigenvalue weighted by Crippen LogP contribution is 2.31. The van der Waals surface area contributed by atoms with Gasteiger partial charge in [0.05, 0.1) is 25.4 Å². The van der Waals surface area contributed by atoms with Crippen LogP contribution >= 0.6 is 0 Å². The number of hydrogen-bond acceptors (Lipinski definition) is 5. The number of nitrogens with zero attached hydrogens (tertiary/aromatic N) is 2. The third-order valence-electron chi connectivity index (χ3n) is 3.99. The Labute approximate surface area is 137 Å². The van der Waals surface area contributed by atoms with Crippen LogP contribution < -0.4 is 15.1 Å². The van der Waals surface area contributed by atoms with Gasteiger partial charge in [-0.25, -0.2) is 13.6 Å². The quantitative estimate of drug-likeness (QED) is 0.883. The van der Waals surface area contributed by atoms with E-state index in [0.29, 0.717) is 26.3 Å². The number of carbonyl (C=O) groups excluding carboxylic acids is 2. The summed E-state index contributed by atoms with van der Waals surface area (Å²) in [5.41, 5.74) is -0.129. The highest BCUT2D eigenvalue weighted by Gasteiger charge is 2.37. The number of nitrogens with one attached hydrogen (secondary N) is 1. The first-order chi connectivity index (χ1) is 11.5. The molecule has 0 unspecified atom stereocenters. The predicted octanol–water partition coefficient (Wildman–Crippen LogP) is 0.873. The van der Waals surface area contributed by atoms with Crippen LogP contribution in [0.25, 0.3) is 0 Å². The summed E-state index contributed by atoms with van der Waals surface area (Å²) < 4.78 is 38.9. The van der Waals surface area contributed by atoms with Crippen molar-refractivity contribution in [2.75, 3.05) is 49.7 Å². The molecule has 1 aromatic carbocycles. The number of hydrogen-bond donors (Lipinski definition) is 1. The molecule has 3 rings (SSSR count). The number of halogens is 2. The van der Waals surface area contributed by atoms with Gasteiger partial charge in [0.1, 0.15) is 5.69 Å². The zero-order valence-electron chi connectivity index (χ0n) is 13.1. The zero-order valence-corrected chi connectivity index (χ0v) is 13.1. The Hall–Kier alpha value is -2.42. The van der Waals surface area contributed by atoms with Gasteiger partial charge in [-0.2, -0.15) is 0 Å².